The quantitative estimate of drug-likeness (QED) is 0.173. The molecule has 0 amide bonds. The zero-order chi connectivity index (χ0) is 9.14. The molecule has 0 radical (unpaired) electrons. The summed E-state index contributed by atoms with van der Waals surface area (Å²) in [5.74, 6) is 5.58. The van der Waals surface area contributed by atoms with Crippen LogP contribution in [-0.4, -0.2) is 5.21 Å². The van der Waals surface area contributed by atoms with Crippen LogP contribution in [0.15, 0.2) is 4.42 Å². The second-order valence-electron chi connectivity index (χ2n) is 2.07. The van der Waals surface area contributed by atoms with Crippen LogP contribution in [0, 0.1) is 10.7 Å². The Hall–Kier alpha value is -0.510. The molecule has 0 bridgehead atoms. The zero-order valence-corrected chi connectivity index (χ0v) is 8.55. The first-order valence-corrected chi connectivity index (χ1v) is 5.40. The van der Waals surface area contributed by atoms with Gasteiger partial charge in [-0.15, -0.1) is 0 Å². The van der Waals surface area contributed by atoms with Crippen LogP contribution in [0.25, 0.3) is 0 Å². The van der Waals surface area contributed by atoms with Crippen molar-refractivity contribution < 1.29 is 31.1 Å². The van der Waals surface area contributed by atoms with Gasteiger partial charge in [-0.2, -0.15) is 0 Å². The van der Waals surface area contributed by atoms with Gasteiger partial charge in [0.05, 0.1) is 0 Å². The third kappa shape index (κ3) is 1.48. The van der Waals surface area contributed by atoms with E-state index in [9.17, 15) is 0 Å². The van der Waals surface area contributed by atoms with Crippen LogP contribution in [0.5, 0.6) is 0 Å². The Kier molecular flexibility index (Phi) is 3.14. The van der Waals surface area contributed by atoms with Crippen LogP contribution >= 0.6 is 0 Å². The molecule has 0 fully saturated rings. The van der Waals surface area contributed by atoms with E-state index < -0.39 is 21.5 Å². The second-order valence-corrected chi connectivity index (χ2v) is 3.67. The first kappa shape index (κ1) is 9.58. The molecule has 1 heterocycles. The van der Waals surface area contributed by atoms with Crippen LogP contribution in [0.1, 0.15) is 5.56 Å². The van der Waals surface area contributed by atoms with Crippen molar-refractivity contribution in [2.24, 2.45) is 9.79 Å². The summed E-state index contributed by atoms with van der Waals surface area (Å²) in [7, 11) is 0. The molecule has 0 aliphatic heterocycles. The van der Waals surface area contributed by atoms with E-state index in [0.29, 0.717) is 15.3 Å². The van der Waals surface area contributed by atoms with Crippen molar-refractivity contribution >= 4 is 11.6 Å². The standard InChI is InChI=1S/C5H10IN4O2/c1-2-3(10-11)4(6-7)12-5(2)9-8/h9-11H,7-8H2,1H3/q-1. The Labute approximate surface area is 79.8 Å². The maximum atomic E-state index is 8.72. The minimum atomic E-state index is -0.705. The molecule has 0 saturated carbocycles. The van der Waals surface area contributed by atoms with Crippen molar-refractivity contribution in [3.8, 4) is 0 Å². The summed E-state index contributed by atoms with van der Waals surface area (Å²) in [6.45, 7) is 1.76. The number of nitrogens with one attached hydrogen (secondary N) is 2. The number of rotatable bonds is 3. The van der Waals surface area contributed by atoms with Crippen LogP contribution < -0.4 is 42.2 Å². The summed E-state index contributed by atoms with van der Waals surface area (Å²) in [6, 6.07) is 0. The molecule has 1 rings (SSSR count). The van der Waals surface area contributed by atoms with Crippen molar-refractivity contribution in [2.45, 2.75) is 6.92 Å². The van der Waals surface area contributed by atoms with Crippen molar-refractivity contribution in [3.05, 3.63) is 9.33 Å². The number of nitrogens with two attached hydrogens (primary N) is 2. The van der Waals surface area contributed by atoms with Gasteiger partial charge in [-0.05, 0) is 0 Å². The molecule has 0 unspecified atom stereocenters. The topological polar surface area (TPSA) is 109 Å². The summed E-state index contributed by atoms with van der Waals surface area (Å²) in [6.07, 6.45) is 0. The first-order chi connectivity index (χ1) is 5.74. The third-order valence-electron chi connectivity index (χ3n) is 1.45. The SMILES string of the molecule is Cc1c(NN)oc([I-]N)c1NO. The Morgan fingerprint density at radius 3 is 2.58 bits per heavy atom. The molecule has 0 aliphatic rings. The van der Waals surface area contributed by atoms with Gasteiger partial charge in [0.1, 0.15) is 0 Å². The third-order valence-corrected chi connectivity index (χ3v) is 2.77. The van der Waals surface area contributed by atoms with E-state index in [0.717, 1.165) is 5.56 Å². The van der Waals surface area contributed by atoms with Gasteiger partial charge in [-0.25, -0.2) is 0 Å². The summed E-state index contributed by atoms with van der Waals surface area (Å²) in [5.41, 5.74) is 5.63. The fourth-order valence-corrected chi connectivity index (χ4v) is 2.00. The van der Waals surface area contributed by atoms with E-state index >= 15 is 0 Å². The fraction of sp³-hybridized carbons (Fsp3) is 0.200. The Morgan fingerprint density at radius 1 is 1.58 bits per heavy atom. The average Bonchev–Trinajstić information content (AvgIpc) is 2.41. The number of furan rings is 1. The number of hydrogen-bond donors (Lipinski definition) is 5. The van der Waals surface area contributed by atoms with Gasteiger partial charge in [-0.1, -0.05) is 0 Å². The predicted molar refractivity (Wildman–Crippen MR) is 39.5 cm³/mol. The molecule has 7 N–H and O–H groups in total. The van der Waals surface area contributed by atoms with Crippen molar-refractivity contribution in [2.75, 3.05) is 10.9 Å². The van der Waals surface area contributed by atoms with Gasteiger partial charge in [0.2, 0.25) is 0 Å². The zero-order valence-electron chi connectivity index (χ0n) is 6.39. The monoisotopic (exact) mass is 285 g/mol. The van der Waals surface area contributed by atoms with Gasteiger partial charge in [0, 0.05) is 0 Å². The van der Waals surface area contributed by atoms with Crippen molar-refractivity contribution in [1.82, 2.24) is 0 Å². The molecule has 7 heteroatoms. The van der Waals surface area contributed by atoms with Crippen molar-refractivity contribution in [1.29, 1.82) is 0 Å². The van der Waals surface area contributed by atoms with Gasteiger partial charge in [0.25, 0.3) is 0 Å². The second kappa shape index (κ2) is 3.94. The number of hydrogen-bond acceptors (Lipinski definition) is 6. The van der Waals surface area contributed by atoms with Crippen molar-refractivity contribution in [3.63, 3.8) is 0 Å². The molecule has 0 atom stereocenters. The first-order valence-electron chi connectivity index (χ1n) is 3.08. The summed E-state index contributed by atoms with van der Waals surface area (Å²) < 4.78 is 11.2. The van der Waals surface area contributed by atoms with E-state index in [1.54, 1.807) is 6.92 Å². The van der Waals surface area contributed by atoms with E-state index in [1.165, 1.54) is 0 Å². The number of halogens is 1. The Morgan fingerprint density at radius 2 is 2.25 bits per heavy atom. The molecule has 6 nitrogen and oxygen atoms in total. The summed E-state index contributed by atoms with van der Waals surface area (Å²) in [5, 5.41) is 8.72. The molecule has 70 valence electrons. The van der Waals surface area contributed by atoms with Gasteiger partial charge in [-0.3, -0.25) is 0 Å². The number of nitrogen functional groups attached to an aromatic ring is 1. The van der Waals surface area contributed by atoms with Gasteiger partial charge < -0.3 is 0 Å². The molecule has 1 aromatic rings. The van der Waals surface area contributed by atoms with Crippen LogP contribution in [0.2, 0.25) is 0 Å². The van der Waals surface area contributed by atoms with Gasteiger partial charge in [0.15, 0.2) is 0 Å². The molecule has 0 saturated heterocycles. The van der Waals surface area contributed by atoms with E-state index in [4.69, 9.17) is 19.4 Å². The normalized spacial score (nSPS) is 10.3. The number of anilines is 2. The maximum absolute atomic E-state index is 8.72. The number of hydrazine groups is 1. The van der Waals surface area contributed by atoms with Crippen LogP contribution in [-0.2, 0) is 0 Å². The molecule has 1 aromatic heterocycles. The summed E-state index contributed by atoms with van der Waals surface area (Å²) >= 11 is -0.705. The minimum absolute atomic E-state index is 0.423. The average molecular weight is 285 g/mol. The summed E-state index contributed by atoms with van der Waals surface area (Å²) in [4.78, 5) is 0. The molecule has 0 aliphatic carbocycles. The molecular formula is C5H10IN4O2-. The van der Waals surface area contributed by atoms with Crippen LogP contribution in [0.3, 0.4) is 0 Å². The fourth-order valence-electron chi connectivity index (χ4n) is 0.820. The molecule has 12 heavy (non-hydrogen) atoms. The molecular weight excluding hydrogens is 275 g/mol. The van der Waals surface area contributed by atoms with Gasteiger partial charge >= 0.3 is 79.6 Å². The molecule has 0 spiro atoms. The van der Waals surface area contributed by atoms with E-state index in [2.05, 4.69) is 5.43 Å². The van der Waals surface area contributed by atoms with E-state index in [1.807, 2.05) is 5.48 Å². The van der Waals surface area contributed by atoms with Crippen LogP contribution in [0.4, 0.5) is 11.6 Å². The van der Waals surface area contributed by atoms with E-state index in [-0.39, 0.29) is 0 Å². The Bertz CT molecular complexity index is 275. The predicted octanol–water partition coefficient (Wildman–Crippen LogP) is -3.19. The Balaban J connectivity index is 3.13. The molecule has 0 aromatic carbocycles.